The number of amides is 2. The van der Waals surface area contributed by atoms with Crippen LogP contribution in [0.15, 0.2) is 77.7 Å². The van der Waals surface area contributed by atoms with Crippen molar-refractivity contribution in [3.05, 3.63) is 100.0 Å². The minimum Gasteiger partial charge on any atom is -0.381 e. The van der Waals surface area contributed by atoms with E-state index < -0.39 is 0 Å². The molecule has 1 fully saturated rings. The van der Waals surface area contributed by atoms with Gasteiger partial charge in [-0.25, -0.2) is 4.98 Å². The van der Waals surface area contributed by atoms with Gasteiger partial charge in [0.25, 0.3) is 11.5 Å². The van der Waals surface area contributed by atoms with Crippen LogP contribution in [0.4, 0.5) is 22.9 Å². The maximum atomic E-state index is 13.1. The Morgan fingerprint density at radius 1 is 0.953 bits per heavy atom. The van der Waals surface area contributed by atoms with E-state index in [9.17, 15) is 14.4 Å². The van der Waals surface area contributed by atoms with Crippen LogP contribution in [-0.4, -0.2) is 34.6 Å². The predicted molar refractivity (Wildman–Crippen MR) is 170 cm³/mol. The molecule has 0 radical (unpaired) electrons. The fourth-order valence-electron chi connectivity index (χ4n) is 4.94. The summed E-state index contributed by atoms with van der Waals surface area (Å²) in [5.74, 6) is -0.239. The number of carbonyl (C=O) groups is 2. The van der Waals surface area contributed by atoms with Gasteiger partial charge in [0, 0.05) is 48.0 Å². The van der Waals surface area contributed by atoms with Crippen LogP contribution in [0.3, 0.4) is 0 Å². The van der Waals surface area contributed by atoms with Gasteiger partial charge in [0.2, 0.25) is 5.91 Å². The SMILES string of the molecule is Cc1c(NC(=O)c2ccc(C(C)(C)C)cc2)cccc1-c1cn(C)c(=O)c(Nc2ccc(NC(=O)C3CCOC3)cc2)n1. The molecule has 1 atom stereocenters. The third-order valence-electron chi connectivity index (χ3n) is 7.66. The molecule has 9 heteroatoms. The summed E-state index contributed by atoms with van der Waals surface area (Å²) >= 11 is 0. The molecule has 1 saturated heterocycles. The number of nitrogens with one attached hydrogen (secondary N) is 3. The van der Waals surface area contributed by atoms with Gasteiger partial charge in [-0.3, -0.25) is 14.4 Å². The molecule has 0 spiro atoms. The van der Waals surface area contributed by atoms with Crippen molar-refractivity contribution < 1.29 is 14.3 Å². The average Bonchev–Trinajstić information content (AvgIpc) is 3.53. The number of benzene rings is 3. The first-order valence-corrected chi connectivity index (χ1v) is 14.3. The molecule has 1 aliphatic rings. The van der Waals surface area contributed by atoms with Crippen LogP contribution in [0.2, 0.25) is 0 Å². The molecule has 222 valence electrons. The fourth-order valence-corrected chi connectivity index (χ4v) is 4.94. The lowest BCUT2D eigenvalue weighted by Crippen LogP contribution is -2.23. The van der Waals surface area contributed by atoms with Gasteiger partial charge in [-0.1, -0.05) is 45.0 Å². The molecular weight excluding hydrogens is 542 g/mol. The molecule has 1 aliphatic heterocycles. The zero-order valence-corrected chi connectivity index (χ0v) is 25.2. The lowest BCUT2D eigenvalue weighted by molar-refractivity contribution is -0.119. The molecule has 0 saturated carbocycles. The van der Waals surface area contributed by atoms with E-state index in [4.69, 9.17) is 4.74 Å². The number of hydrogen-bond acceptors (Lipinski definition) is 6. The number of aryl methyl sites for hydroxylation is 1. The van der Waals surface area contributed by atoms with Crippen molar-refractivity contribution in [3.63, 3.8) is 0 Å². The summed E-state index contributed by atoms with van der Waals surface area (Å²) in [6.07, 6.45) is 2.40. The van der Waals surface area contributed by atoms with Gasteiger partial charge in [-0.15, -0.1) is 0 Å². The summed E-state index contributed by atoms with van der Waals surface area (Å²) in [6.45, 7) is 9.37. The molecule has 0 bridgehead atoms. The van der Waals surface area contributed by atoms with Crippen molar-refractivity contribution in [1.82, 2.24) is 9.55 Å². The first-order valence-electron chi connectivity index (χ1n) is 14.3. The van der Waals surface area contributed by atoms with Gasteiger partial charge in [-0.2, -0.15) is 0 Å². The molecule has 1 unspecified atom stereocenters. The molecule has 9 nitrogen and oxygen atoms in total. The Balaban J connectivity index is 1.33. The minimum absolute atomic E-state index is 0.00227. The number of ether oxygens (including phenoxy) is 1. The third-order valence-corrected chi connectivity index (χ3v) is 7.66. The number of nitrogens with zero attached hydrogens (tertiary/aromatic N) is 2. The van der Waals surface area contributed by atoms with E-state index >= 15 is 0 Å². The number of carbonyl (C=O) groups excluding carboxylic acids is 2. The Morgan fingerprint density at radius 3 is 2.30 bits per heavy atom. The van der Waals surface area contributed by atoms with Gasteiger partial charge in [-0.05, 0) is 72.4 Å². The molecule has 3 aromatic carbocycles. The highest BCUT2D eigenvalue weighted by Gasteiger charge is 2.23. The first kappa shape index (κ1) is 29.7. The standard InChI is InChI=1S/C34H37N5O4/c1-21-27(7-6-8-28(21)38-31(40)22-9-11-24(12-10-22)34(2,3)4)29-19-39(5)33(42)30(37-29)35-25-13-15-26(16-14-25)36-32(41)23-17-18-43-20-23/h6-16,19,23H,17-18,20H2,1-5H3,(H,35,37)(H,36,41)(H,38,40). The van der Waals surface area contributed by atoms with Crippen molar-refractivity contribution in [3.8, 4) is 11.3 Å². The number of rotatable bonds is 7. The molecule has 43 heavy (non-hydrogen) atoms. The molecule has 2 heterocycles. The highest BCUT2D eigenvalue weighted by Crippen LogP contribution is 2.29. The molecule has 0 aliphatic carbocycles. The van der Waals surface area contributed by atoms with Gasteiger partial charge < -0.3 is 25.3 Å². The summed E-state index contributed by atoms with van der Waals surface area (Å²) in [5.41, 5.74) is 5.61. The summed E-state index contributed by atoms with van der Waals surface area (Å²) in [5, 5.41) is 9.05. The second-order valence-electron chi connectivity index (χ2n) is 11.9. The molecule has 5 rings (SSSR count). The van der Waals surface area contributed by atoms with Crippen LogP contribution >= 0.6 is 0 Å². The predicted octanol–water partition coefficient (Wildman–Crippen LogP) is 6.02. The number of hydrogen-bond donors (Lipinski definition) is 3. The van der Waals surface area contributed by atoms with E-state index in [0.717, 1.165) is 23.1 Å². The van der Waals surface area contributed by atoms with Crippen molar-refractivity contribution in [1.29, 1.82) is 0 Å². The van der Waals surface area contributed by atoms with Crippen LogP contribution < -0.4 is 21.5 Å². The minimum atomic E-state index is -0.289. The fraction of sp³-hybridized carbons (Fsp3) is 0.294. The monoisotopic (exact) mass is 579 g/mol. The molecule has 1 aromatic heterocycles. The Morgan fingerprint density at radius 2 is 1.65 bits per heavy atom. The Labute approximate surface area is 251 Å². The van der Waals surface area contributed by atoms with E-state index in [1.165, 1.54) is 4.57 Å². The third kappa shape index (κ3) is 6.84. The Hall–Kier alpha value is -4.76. The largest absolute Gasteiger partial charge is 0.381 e. The second-order valence-corrected chi connectivity index (χ2v) is 11.9. The maximum absolute atomic E-state index is 13.1. The summed E-state index contributed by atoms with van der Waals surface area (Å²) in [7, 11) is 1.67. The normalized spacial score (nSPS) is 14.8. The number of aromatic nitrogens is 2. The summed E-state index contributed by atoms with van der Waals surface area (Å²) < 4.78 is 6.77. The van der Waals surface area contributed by atoms with Crippen molar-refractivity contribution >= 4 is 34.7 Å². The summed E-state index contributed by atoms with van der Waals surface area (Å²) in [4.78, 5) is 43.1. The maximum Gasteiger partial charge on any atom is 0.293 e. The van der Waals surface area contributed by atoms with Crippen LogP contribution in [0.1, 0.15) is 48.7 Å². The van der Waals surface area contributed by atoms with E-state index in [1.807, 2.05) is 49.4 Å². The van der Waals surface area contributed by atoms with Crippen LogP contribution in [-0.2, 0) is 22.0 Å². The quantitative estimate of drug-likeness (QED) is 0.247. The van der Waals surface area contributed by atoms with Gasteiger partial charge in [0.1, 0.15) is 0 Å². The van der Waals surface area contributed by atoms with E-state index in [1.54, 1.807) is 37.5 Å². The van der Waals surface area contributed by atoms with E-state index in [2.05, 4.69) is 41.7 Å². The number of anilines is 4. The highest BCUT2D eigenvalue weighted by molar-refractivity contribution is 6.05. The Bertz CT molecular complexity index is 1700. The molecule has 2 amide bonds. The lowest BCUT2D eigenvalue weighted by atomic mass is 9.86. The van der Waals surface area contributed by atoms with Gasteiger partial charge in [0.15, 0.2) is 5.82 Å². The zero-order valence-electron chi connectivity index (χ0n) is 25.2. The smallest absolute Gasteiger partial charge is 0.293 e. The van der Waals surface area contributed by atoms with Crippen LogP contribution in [0.25, 0.3) is 11.3 Å². The van der Waals surface area contributed by atoms with Gasteiger partial charge in [0.05, 0.1) is 18.2 Å². The van der Waals surface area contributed by atoms with E-state index in [-0.39, 0.29) is 34.5 Å². The van der Waals surface area contributed by atoms with Crippen LogP contribution in [0.5, 0.6) is 0 Å². The highest BCUT2D eigenvalue weighted by atomic mass is 16.5. The van der Waals surface area contributed by atoms with Crippen molar-refractivity contribution in [2.24, 2.45) is 13.0 Å². The molecule has 3 N–H and O–H groups in total. The summed E-state index contributed by atoms with van der Waals surface area (Å²) in [6, 6.07) is 20.4. The first-order chi connectivity index (χ1) is 20.5. The van der Waals surface area contributed by atoms with E-state index in [0.29, 0.717) is 41.5 Å². The molecule has 4 aromatic rings. The zero-order chi connectivity index (χ0) is 30.7. The molecular formula is C34H37N5O4. The lowest BCUT2D eigenvalue weighted by Gasteiger charge is -2.19. The van der Waals surface area contributed by atoms with Gasteiger partial charge >= 0.3 is 0 Å². The Kier molecular flexibility index (Phi) is 8.45. The average molecular weight is 580 g/mol. The van der Waals surface area contributed by atoms with Crippen LogP contribution in [0, 0.1) is 12.8 Å². The second kappa shape index (κ2) is 12.2. The topological polar surface area (TPSA) is 114 Å². The van der Waals surface area contributed by atoms with Crippen molar-refractivity contribution in [2.75, 3.05) is 29.2 Å². The van der Waals surface area contributed by atoms with Crippen molar-refractivity contribution in [2.45, 2.75) is 39.5 Å².